The number of sulfonamides is 1. The molecule has 0 saturated heterocycles. The molecule has 0 aliphatic carbocycles. The molecule has 0 aliphatic rings. The summed E-state index contributed by atoms with van der Waals surface area (Å²) < 4.78 is 27.0. The Morgan fingerprint density at radius 2 is 2.17 bits per heavy atom. The van der Waals surface area contributed by atoms with Crippen molar-refractivity contribution in [1.82, 2.24) is 9.71 Å². The molecular weight excluding hydrogens is 268 g/mol. The predicted octanol–water partition coefficient (Wildman–Crippen LogP) is 2.18. The molecule has 96 valence electrons. The third-order valence-corrected chi connectivity index (χ3v) is 5.56. The number of thiophene rings is 1. The van der Waals surface area contributed by atoms with E-state index >= 15 is 0 Å². The van der Waals surface area contributed by atoms with Gasteiger partial charge in [-0.2, -0.15) is 0 Å². The van der Waals surface area contributed by atoms with Crippen LogP contribution in [0.4, 0.5) is 0 Å². The lowest BCUT2D eigenvalue weighted by Gasteiger charge is -2.04. The summed E-state index contributed by atoms with van der Waals surface area (Å²) in [5.41, 5.74) is 0.841. The Labute approximate surface area is 111 Å². The van der Waals surface area contributed by atoms with Crippen molar-refractivity contribution in [3.8, 4) is 0 Å². The van der Waals surface area contributed by atoms with Gasteiger partial charge in [0.05, 0.1) is 0 Å². The molecule has 0 radical (unpaired) electrons. The van der Waals surface area contributed by atoms with E-state index in [9.17, 15) is 8.42 Å². The number of nitrogens with one attached hydrogen (secondary N) is 1. The highest BCUT2D eigenvalue weighted by molar-refractivity contribution is 7.91. The van der Waals surface area contributed by atoms with Gasteiger partial charge in [-0.3, -0.25) is 4.98 Å². The van der Waals surface area contributed by atoms with Gasteiger partial charge >= 0.3 is 0 Å². The summed E-state index contributed by atoms with van der Waals surface area (Å²) in [6.45, 7) is 2.26. The summed E-state index contributed by atoms with van der Waals surface area (Å²) in [4.78, 5) is 5.01. The molecule has 2 aromatic heterocycles. The molecule has 1 N–H and O–H groups in total. The van der Waals surface area contributed by atoms with Gasteiger partial charge in [0.25, 0.3) is 0 Å². The van der Waals surface area contributed by atoms with Gasteiger partial charge in [0.1, 0.15) is 4.21 Å². The molecule has 0 atom stereocenters. The molecule has 0 aliphatic heterocycles. The summed E-state index contributed by atoms with van der Waals surface area (Å²) in [7, 11) is -3.41. The average Bonchev–Trinajstić information content (AvgIpc) is 2.87. The molecule has 0 amide bonds. The van der Waals surface area contributed by atoms with Crippen LogP contribution >= 0.6 is 11.3 Å². The first-order valence-electron chi connectivity index (χ1n) is 5.59. The molecule has 0 fully saturated rings. The third kappa shape index (κ3) is 3.16. The van der Waals surface area contributed by atoms with Gasteiger partial charge in [-0.25, -0.2) is 13.1 Å². The molecule has 0 spiro atoms. The second kappa shape index (κ2) is 5.60. The van der Waals surface area contributed by atoms with E-state index in [1.807, 2.05) is 19.1 Å². The van der Waals surface area contributed by atoms with Crippen molar-refractivity contribution in [1.29, 1.82) is 0 Å². The molecule has 0 unspecified atom stereocenters. The molecule has 0 saturated carbocycles. The summed E-state index contributed by atoms with van der Waals surface area (Å²) in [6.07, 6.45) is 4.15. The number of nitrogens with zero attached hydrogens (tertiary/aromatic N) is 1. The van der Waals surface area contributed by atoms with Crippen LogP contribution in [0.25, 0.3) is 0 Å². The fourth-order valence-corrected chi connectivity index (χ4v) is 3.80. The van der Waals surface area contributed by atoms with Gasteiger partial charge in [-0.1, -0.05) is 13.0 Å². The molecule has 2 aromatic rings. The quantitative estimate of drug-likeness (QED) is 0.914. The maximum Gasteiger partial charge on any atom is 0.250 e. The molecule has 18 heavy (non-hydrogen) atoms. The minimum Gasteiger partial charge on any atom is -0.264 e. The molecule has 4 nitrogen and oxygen atoms in total. The largest absolute Gasteiger partial charge is 0.264 e. The first-order valence-corrected chi connectivity index (χ1v) is 7.89. The van der Waals surface area contributed by atoms with Crippen LogP contribution in [-0.4, -0.2) is 13.4 Å². The van der Waals surface area contributed by atoms with Crippen LogP contribution < -0.4 is 4.72 Å². The fraction of sp³-hybridized carbons (Fsp3) is 0.250. The van der Waals surface area contributed by atoms with E-state index < -0.39 is 10.0 Å². The zero-order valence-electron chi connectivity index (χ0n) is 9.96. The van der Waals surface area contributed by atoms with E-state index in [1.165, 1.54) is 11.3 Å². The van der Waals surface area contributed by atoms with Crippen LogP contribution in [0.1, 0.15) is 17.4 Å². The zero-order valence-corrected chi connectivity index (χ0v) is 11.6. The number of rotatable bonds is 5. The fourth-order valence-electron chi connectivity index (χ4n) is 1.44. The van der Waals surface area contributed by atoms with Crippen molar-refractivity contribution in [2.75, 3.05) is 0 Å². The van der Waals surface area contributed by atoms with Crippen LogP contribution in [0.2, 0.25) is 0 Å². The molecule has 0 bridgehead atoms. The Hall–Kier alpha value is -1.24. The average molecular weight is 282 g/mol. The number of aromatic nitrogens is 1. The van der Waals surface area contributed by atoms with Gasteiger partial charge in [0.2, 0.25) is 10.0 Å². The van der Waals surface area contributed by atoms with Crippen molar-refractivity contribution in [2.45, 2.75) is 24.1 Å². The van der Waals surface area contributed by atoms with E-state index in [1.54, 1.807) is 24.5 Å². The first-order chi connectivity index (χ1) is 8.62. The zero-order chi connectivity index (χ0) is 13.0. The number of aryl methyl sites for hydroxylation is 1. The minimum atomic E-state index is -3.41. The van der Waals surface area contributed by atoms with Crippen molar-refractivity contribution < 1.29 is 8.42 Å². The predicted molar refractivity (Wildman–Crippen MR) is 72.0 cm³/mol. The Bertz CT molecular complexity index is 606. The van der Waals surface area contributed by atoms with Crippen LogP contribution in [0.15, 0.2) is 40.9 Å². The second-order valence-electron chi connectivity index (χ2n) is 3.76. The Kier molecular flexibility index (Phi) is 4.11. The smallest absolute Gasteiger partial charge is 0.250 e. The van der Waals surface area contributed by atoms with Crippen molar-refractivity contribution in [3.63, 3.8) is 0 Å². The Morgan fingerprint density at radius 3 is 2.78 bits per heavy atom. The first kappa shape index (κ1) is 13.2. The van der Waals surface area contributed by atoms with Crippen molar-refractivity contribution >= 4 is 21.4 Å². The Morgan fingerprint density at radius 1 is 1.33 bits per heavy atom. The normalized spacial score (nSPS) is 11.6. The number of hydrogen-bond acceptors (Lipinski definition) is 4. The van der Waals surface area contributed by atoms with Crippen molar-refractivity contribution in [2.24, 2.45) is 0 Å². The van der Waals surface area contributed by atoms with Gasteiger partial charge in [-0.15, -0.1) is 11.3 Å². The van der Waals surface area contributed by atoms with Gasteiger partial charge < -0.3 is 0 Å². The molecule has 6 heteroatoms. The van der Waals surface area contributed by atoms with Gasteiger partial charge in [0, 0.05) is 23.8 Å². The van der Waals surface area contributed by atoms with Crippen molar-refractivity contribution in [3.05, 3.63) is 47.1 Å². The van der Waals surface area contributed by atoms with E-state index in [2.05, 4.69) is 9.71 Å². The SMILES string of the molecule is CCc1ccc(S(=O)(=O)NCc2cccnc2)s1. The van der Waals surface area contributed by atoms with Gasteiger partial charge in [0.15, 0.2) is 0 Å². The maximum atomic E-state index is 12.0. The molecule has 2 rings (SSSR count). The van der Waals surface area contributed by atoms with E-state index in [4.69, 9.17) is 0 Å². The van der Waals surface area contributed by atoms with Crippen LogP contribution in [0.5, 0.6) is 0 Å². The van der Waals surface area contributed by atoms with Crippen LogP contribution in [0.3, 0.4) is 0 Å². The lowest BCUT2D eigenvalue weighted by Crippen LogP contribution is -2.22. The maximum absolute atomic E-state index is 12.0. The lowest BCUT2D eigenvalue weighted by atomic mass is 10.3. The molecule has 2 heterocycles. The molecular formula is C12H14N2O2S2. The van der Waals surface area contributed by atoms with E-state index in [0.29, 0.717) is 4.21 Å². The minimum absolute atomic E-state index is 0.259. The van der Waals surface area contributed by atoms with Crippen LogP contribution in [0, 0.1) is 0 Å². The summed E-state index contributed by atoms with van der Waals surface area (Å²) in [5.74, 6) is 0. The highest BCUT2D eigenvalue weighted by Gasteiger charge is 2.15. The lowest BCUT2D eigenvalue weighted by molar-refractivity contribution is 0.583. The summed E-state index contributed by atoms with van der Waals surface area (Å²) >= 11 is 1.31. The third-order valence-electron chi connectivity index (χ3n) is 2.44. The summed E-state index contributed by atoms with van der Waals surface area (Å²) in [5, 5.41) is 0. The standard InChI is InChI=1S/C12H14N2O2S2/c1-2-11-5-6-12(17-11)18(15,16)14-9-10-4-3-7-13-8-10/h3-8,14H,2,9H2,1H3. The topological polar surface area (TPSA) is 59.1 Å². The highest BCUT2D eigenvalue weighted by Crippen LogP contribution is 2.21. The number of hydrogen-bond donors (Lipinski definition) is 1. The monoisotopic (exact) mass is 282 g/mol. The van der Waals surface area contributed by atoms with Crippen LogP contribution in [-0.2, 0) is 23.0 Å². The van der Waals surface area contributed by atoms with Gasteiger partial charge in [-0.05, 0) is 30.2 Å². The van der Waals surface area contributed by atoms with E-state index in [-0.39, 0.29) is 6.54 Å². The van der Waals surface area contributed by atoms with E-state index in [0.717, 1.165) is 16.9 Å². The Balaban J connectivity index is 2.08. The second-order valence-corrected chi connectivity index (χ2v) is 6.92. The molecule has 0 aromatic carbocycles. The number of pyridine rings is 1. The summed E-state index contributed by atoms with van der Waals surface area (Å²) in [6, 6.07) is 7.11. The highest BCUT2D eigenvalue weighted by atomic mass is 32.2.